The van der Waals surface area contributed by atoms with Crippen LogP contribution >= 0.6 is 0 Å². The molecule has 34 heavy (non-hydrogen) atoms. The normalized spacial score (nSPS) is 10.7. The van der Waals surface area contributed by atoms with Gasteiger partial charge in [0.25, 0.3) is 5.91 Å². The number of carbonyl (C=O) groups excluding carboxylic acids is 2. The fraction of sp³-hybridized carbons (Fsp3) is 0.320. The number of nitrogens with one attached hydrogen (secondary N) is 1. The number of rotatable bonds is 13. The molecule has 0 spiro atoms. The molecule has 2 aromatic rings. The highest BCUT2D eigenvalue weighted by Gasteiger charge is 2.13. The molecule has 0 bridgehead atoms. The molecule has 0 aromatic heterocycles. The molecular weight excluding hydrogens is 440 g/mol. The first kappa shape index (κ1) is 26.2. The van der Waals surface area contributed by atoms with E-state index in [1.807, 2.05) is 6.07 Å². The minimum absolute atomic E-state index is 0.0697. The first-order chi connectivity index (χ1) is 16.5. The highest BCUT2D eigenvalue weighted by molar-refractivity contribution is 6.01. The molecular formula is C25H28N2O7. The van der Waals surface area contributed by atoms with E-state index in [4.69, 9.17) is 23.7 Å². The van der Waals surface area contributed by atoms with E-state index in [1.54, 1.807) is 49.6 Å². The second-order valence-corrected chi connectivity index (χ2v) is 6.93. The molecule has 9 nitrogen and oxygen atoms in total. The number of methoxy groups -OCH3 is 3. The molecule has 2 aromatic carbocycles. The van der Waals surface area contributed by atoms with Crippen LogP contribution in [0.25, 0.3) is 6.08 Å². The van der Waals surface area contributed by atoms with Crippen LogP contribution in [0.15, 0.2) is 48.0 Å². The Labute approximate surface area is 198 Å². The van der Waals surface area contributed by atoms with Gasteiger partial charge in [0.2, 0.25) is 0 Å². The zero-order valence-corrected chi connectivity index (χ0v) is 19.5. The standard InChI is InChI=1S/C25H28N2O7/c1-30-14-12-27-25(29)19(17-26)15-18-6-11-22(23(16-18)32-3)34-24(28)5-4-13-33-21-9-7-20(31-2)8-10-21/h6-11,15-16H,4-5,12-14H2,1-3H3,(H,27,29)/b19-15+. The Morgan fingerprint density at radius 2 is 1.71 bits per heavy atom. The van der Waals surface area contributed by atoms with E-state index in [-0.39, 0.29) is 24.3 Å². The van der Waals surface area contributed by atoms with E-state index >= 15 is 0 Å². The summed E-state index contributed by atoms with van der Waals surface area (Å²) < 4.78 is 26.3. The topological polar surface area (TPSA) is 116 Å². The lowest BCUT2D eigenvalue weighted by atomic mass is 10.1. The lowest BCUT2D eigenvalue weighted by Crippen LogP contribution is -2.27. The number of esters is 1. The van der Waals surface area contributed by atoms with Gasteiger partial charge >= 0.3 is 5.97 Å². The van der Waals surface area contributed by atoms with Crippen LogP contribution in [-0.4, -0.2) is 53.0 Å². The van der Waals surface area contributed by atoms with Crippen LogP contribution in [0.5, 0.6) is 23.0 Å². The van der Waals surface area contributed by atoms with E-state index in [1.165, 1.54) is 20.3 Å². The van der Waals surface area contributed by atoms with Crippen molar-refractivity contribution in [2.45, 2.75) is 12.8 Å². The number of amides is 1. The first-order valence-corrected chi connectivity index (χ1v) is 10.5. The van der Waals surface area contributed by atoms with Gasteiger partial charge < -0.3 is 29.0 Å². The van der Waals surface area contributed by atoms with Crippen molar-refractivity contribution in [2.24, 2.45) is 0 Å². The fourth-order valence-corrected chi connectivity index (χ4v) is 2.79. The lowest BCUT2D eigenvalue weighted by Gasteiger charge is -2.11. The summed E-state index contributed by atoms with van der Waals surface area (Å²) in [7, 11) is 4.55. The van der Waals surface area contributed by atoms with Crippen LogP contribution in [0.2, 0.25) is 0 Å². The zero-order chi connectivity index (χ0) is 24.8. The van der Waals surface area contributed by atoms with E-state index in [2.05, 4.69) is 5.32 Å². The molecule has 0 radical (unpaired) electrons. The Kier molecular flexibility index (Phi) is 10.9. The number of ether oxygens (including phenoxy) is 5. The van der Waals surface area contributed by atoms with Gasteiger partial charge in [-0.15, -0.1) is 0 Å². The Hall–Kier alpha value is -4.03. The van der Waals surface area contributed by atoms with E-state index < -0.39 is 11.9 Å². The van der Waals surface area contributed by atoms with Crippen molar-refractivity contribution in [3.63, 3.8) is 0 Å². The number of nitriles is 1. The number of benzene rings is 2. The van der Waals surface area contributed by atoms with Crippen LogP contribution < -0.4 is 24.3 Å². The SMILES string of the molecule is COCCNC(=O)/C(C#N)=C/c1ccc(OC(=O)CCCOc2ccc(OC)cc2)c(OC)c1. The van der Waals surface area contributed by atoms with Gasteiger partial charge in [-0.25, -0.2) is 0 Å². The summed E-state index contributed by atoms with van der Waals surface area (Å²) in [6, 6.07) is 13.8. The highest BCUT2D eigenvalue weighted by Crippen LogP contribution is 2.29. The molecule has 0 heterocycles. The van der Waals surface area contributed by atoms with Crippen molar-refractivity contribution in [3.05, 3.63) is 53.6 Å². The number of carbonyl (C=O) groups is 2. The Bertz CT molecular complexity index is 1030. The van der Waals surface area contributed by atoms with Gasteiger partial charge in [0.1, 0.15) is 23.1 Å². The van der Waals surface area contributed by atoms with Crippen LogP contribution in [0.4, 0.5) is 0 Å². The molecule has 9 heteroatoms. The Morgan fingerprint density at radius 1 is 0.971 bits per heavy atom. The quantitative estimate of drug-likeness (QED) is 0.157. The predicted octanol–water partition coefficient (Wildman–Crippen LogP) is 3.14. The minimum Gasteiger partial charge on any atom is -0.497 e. The van der Waals surface area contributed by atoms with E-state index in [0.717, 1.165) is 5.75 Å². The van der Waals surface area contributed by atoms with Crippen LogP contribution in [0.3, 0.4) is 0 Å². The maximum absolute atomic E-state index is 12.2. The fourth-order valence-electron chi connectivity index (χ4n) is 2.79. The number of hydrogen-bond donors (Lipinski definition) is 1. The third-order valence-electron chi connectivity index (χ3n) is 4.53. The second kappa shape index (κ2) is 14.2. The Balaban J connectivity index is 1.90. The molecule has 0 aliphatic rings. The van der Waals surface area contributed by atoms with Gasteiger partial charge in [0.05, 0.1) is 27.4 Å². The summed E-state index contributed by atoms with van der Waals surface area (Å²) in [6.07, 6.45) is 2.05. The van der Waals surface area contributed by atoms with Crippen molar-refractivity contribution in [1.29, 1.82) is 5.26 Å². The van der Waals surface area contributed by atoms with Crippen molar-refractivity contribution in [1.82, 2.24) is 5.32 Å². The van der Waals surface area contributed by atoms with Gasteiger partial charge in [0.15, 0.2) is 11.5 Å². The van der Waals surface area contributed by atoms with Crippen molar-refractivity contribution >= 4 is 18.0 Å². The molecule has 0 aliphatic carbocycles. The Morgan fingerprint density at radius 3 is 2.35 bits per heavy atom. The zero-order valence-electron chi connectivity index (χ0n) is 19.5. The molecule has 0 unspecified atom stereocenters. The maximum atomic E-state index is 12.2. The van der Waals surface area contributed by atoms with Crippen LogP contribution in [0, 0.1) is 11.3 Å². The van der Waals surface area contributed by atoms with E-state index in [0.29, 0.717) is 36.7 Å². The molecule has 0 atom stereocenters. The monoisotopic (exact) mass is 468 g/mol. The maximum Gasteiger partial charge on any atom is 0.311 e. The second-order valence-electron chi connectivity index (χ2n) is 6.93. The summed E-state index contributed by atoms with van der Waals surface area (Å²) >= 11 is 0. The van der Waals surface area contributed by atoms with Crippen LogP contribution in [0.1, 0.15) is 18.4 Å². The average molecular weight is 469 g/mol. The summed E-state index contributed by atoms with van der Waals surface area (Å²) in [6.45, 7) is 0.981. The first-order valence-electron chi connectivity index (χ1n) is 10.5. The highest BCUT2D eigenvalue weighted by atomic mass is 16.6. The third-order valence-corrected chi connectivity index (χ3v) is 4.53. The van der Waals surface area contributed by atoms with Gasteiger partial charge in [-0.3, -0.25) is 9.59 Å². The summed E-state index contributed by atoms with van der Waals surface area (Å²) in [5.74, 6) is 1.02. The molecule has 1 amide bonds. The summed E-state index contributed by atoms with van der Waals surface area (Å²) in [5, 5.41) is 11.9. The van der Waals surface area contributed by atoms with Crippen molar-refractivity contribution < 1.29 is 33.3 Å². The van der Waals surface area contributed by atoms with Crippen LogP contribution in [-0.2, 0) is 14.3 Å². The molecule has 0 aliphatic heterocycles. The predicted molar refractivity (Wildman–Crippen MR) is 125 cm³/mol. The number of hydrogen-bond acceptors (Lipinski definition) is 8. The lowest BCUT2D eigenvalue weighted by molar-refractivity contribution is -0.134. The van der Waals surface area contributed by atoms with Gasteiger partial charge in [0, 0.05) is 20.1 Å². The smallest absolute Gasteiger partial charge is 0.311 e. The molecule has 1 N–H and O–H groups in total. The van der Waals surface area contributed by atoms with E-state index in [9.17, 15) is 14.9 Å². The van der Waals surface area contributed by atoms with Gasteiger partial charge in [-0.1, -0.05) is 6.07 Å². The molecule has 0 fully saturated rings. The van der Waals surface area contributed by atoms with Crippen molar-refractivity contribution in [2.75, 3.05) is 41.1 Å². The molecule has 2 rings (SSSR count). The number of nitrogens with zero attached hydrogens (tertiary/aromatic N) is 1. The molecule has 180 valence electrons. The third kappa shape index (κ3) is 8.48. The van der Waals surface area contributed by atoms with Crippen molar-refractivity contribution in [3.8, 4) is 29.1 Å². The van der Waals surface area contributed by atoms with Gasteiger partial charge in [-0.2, -0.15) is 5.26 Å². The summed E-state index contributed by atoms with van der Waals surface area (Å²) in [4.78, 5) is 24.3. The molecule has 0 saturated heterocycles. The summed E-state index contributed by atoms with van der Waals surface area (Å²) in [5.41, 5.74) is 0.475. The average Bonchev–Trinajstić information content (AvgIpc) is 2.86. The minimum atomic E-state index is -0.508. The molecule has 0 saturated carbocycles. The van der Waals surface area contributed by atoms with Gasteiger partial charge in [-0.05, 0) is 54.5 Å². The largest absolute Gasteiger partial charge is 0.497 e.